The lowest BCUT2D eigenvalue weighted by Crippen LogP contribution is -2.41. The summed E-state index contributed by atoms with van der Waals surface area (Å²) in [5, 5.41) is 12.6. The molecule has 3 rings (SSSR count). The van der Waals surface area contributed by atoms with Crippen molar-refractivity contribution in [2.24, 2.45) is 5.92 Å². The van der Waals surface area contributed by atoms with E-state index < -0.39 is 12.0 Å². The van der Waals surface area contributed by atoms with Crippen LogP contribution in [-0.4, -0.2) is 28.0 Å². The van der Waals surface area contributed by atoms with Gasteiger partial charge in [-0.15, -0.1) is 0 Å². The Balaban J connectivity index is 1.77. The second-order valence-electron chi connectivity index (χ2n) is 5.46. The van der Waals surface area contributed by atoms with Gasteiger partial charge in [0, 0.05) is 11.6 Å². The van der Waals surface area contributed by atoms with Crippen LogP contribution in [0.15, 0.2) is 36.5 Å². The summed E-state index contributed by atoms with van der Waals surface area (Å²) in [5.74, 6) is -0.938. The summed E-state index contributed by atoms with van der Waals surface area (Å²) >= 11 is 0. The highest BCUT2D eigenvalue weighted by atomic mass is 16.4. The van der Waals surface area contributed by atoms with Crippen LogP contribution in [0.5, 0.6) is 0 Å². The molecule has 1 aliphatic carbocycles. The molecule has 1 atom stereocenters. The molecule has 0 unspecified atom stereocenters. The van der Waals surface area contributed by atoms with E-state index in [9.17, 15) is 14.7 Å². The van der Waals surface area contributed by atoms with Crippen LogP contribution in [0.3, 0.4) is 0 Å². The second kappa shape index (κ2) is 5.52. The Morgan fingerprint density at radius 2 is 2.10 bits per heavy atom. The minimum atomic E-state index is -0.982. The quantitative estimate of drug-likeness (QED) is 0.882. The van der Waals surface area contributed by atoms with Crippen molar-refractivity contribution in [3.63, 3.8) is 0 Å². The van der Waals surface area contributed by atoms with Gasteiger partial charge in [-0.2, -0.15) is 0 Å². The number of nitrogens with zero attached hydrogens (tertiary/aromatic N) is 1. The smallest absolute Gasteiger partial charge is 0.326 e. The van der Waals surface area contributed by atoms with Crippen LogP contribution in [0.25, 0.3) is 10.9 Å². The van der Waals surface area contributed by atoms with Gasteiger partial charge in [0.15, 0.2) is 0 Å². The molecule has 0 bridgehead atoms. The first-order valence-electron chi connectivity index (χ1n) is 7.02. The summed E-state index contributed by atoms with van der Waals surface area (Å²) in [6.45, 7) is 0. The molecule has 1 aliphatic rings. The van der Waals surface area contributed by atoms with Gasteiger partial charge in [-0.25, -0.2) is 4.79 Å². The number of fused-ring (bicyclic) bond motifs is 1. The predicted octanol–water partition coefficient (Wildman–Crippen LogP) is 2.22. The summed E-state index contributed by atoms with van der Waals surface area (Å²) in [6.07, 6.45) is 4.09. The standard InChI is InChI=1S/C16H16N2O3/c19-15(18-14(16(20)21)7-10-5-6-10)12-8-11-3-1-2-4-13(11)17-9-12/h1-4,8-10,14H,5-7H2,(H,18,19)(H,20,21)/t14-/m0/s1. The number of aliphatic carboxylic acids is 1. The number of carboxylic acid groups (broad SMARTS) is 1. The number of carbonyl (C=O) groups excluding carboxylic acids is 1. The van der Waals surface area contributed by atoms with Crippen molar-refractivity contribution in [1.82, 2.24) is 10.3 Å². The number of carbonyl (C=O) groups is 2. The summed E-state index contributed by atoms with van der Waals surface area (Å²) in [6, 6.07) is 8.40. The van der Waals surface area contributed by atoms with Crippen LogP contribution in [0.4, 0.5) is 0 Å². The maximum absolute atomic E-state index is 12.2. The number of nitrogens with one attached hydrogen (secondary N) is 1. The van der Waals surface area contributed by atoms with Gasteiger partial charge in [0.05, 0.1) is 11.1 Å². The predicted molar refractivity (Wildman–Crippen MR) is 78.0 cm³/mol. The third-order valence-electron chi connectivity index (χ3n) is 3.72. The fraction of sp³-hybridized carbons (Fsp3) is 0.312. The van der Waals surface area contributed by atoms with Gasteiger partial charge in [0.2, 0.25) is 0 Å². The molecule has 2 aromatic rings. The zero-order valence-electron chi connectivity index (χ0n) is 11.5. The molecule has 1 fully saturated rings. The monoisotopic (exact) mass is 284 g/mol. The van der Waals surface area contributed by atoms with Crippen LogP contribution in [0.1, 0.15) is 29.6 Å². The molecule has 1 amide bonds. The Morgan fingerprint density at radius 3 is 2.81 bits per heavy atom. The topological polar surface area (TPSA) is 79.3 Å². The Morgan fingerprint density at radius 1 is 1.33 bits per heavy atom. The Hall–Kier alpha value is -2.43. The fourth-order valence-electron chi connectivity index (χ4n) is 2.35. The number of amides is 1. The highest BCUT2D eigenvalue weighted by Gasteiger charge is 2.30. The lowest BCUT2D eigenvalue weighted by molar-refractivity contribution is -0.139. The molecule has 2 N–H and O–H groups in total. The lowest BCUT2D eigenvalue weighted by Gasteiger charge is -2.14. The molecular formula is C16H16N2O3. The van der Waals surface area contributed by atoms with E-state index in [1.54, 1.807) is 6.07 Å². The van der Waals surface area contributed by atoms with Gasteiger partial charge in [0.1, 0.15) is 6.04 Å². The highest BCUT2D eigenvalue weighted by Crippen LogP contribution is 2.33. The second-order valence-corrected chi connectivity index (χ2v) is 5.46. The van der Waals surface area contributed by atoms with Gasteiger partial charge < -0.3 is 10.4 Å². The van der Waals surface area contributed by atoms with Crippen molar-refractivity contribution in [3.05, 3.63) is 42.1 Å². The van der Waals surface area contributed by atoms with Crippen molar-refractivity contribution >= 4 is 22.8 Å². The first-order valence-corrected chi connectivity index (χ1v) is 7.02. The molecule has 1 heterocycles. The SMILES string of the molecule is O=C(N[C@@H](CC1CC1)C(=O)O)c1cnc2ccccc2c1. The number of aromatic nitrogens is 1. The summed E-state index contributed by atoms with van der Waals surface area (Å²) in [5.41, 5.74) is 1.19. The molecule has 0 aliphatic heterocycles. The first kappa shape index (κ1) is 13.5. The zero-order valence-corrected chi connectivity index (χ0v) is 11.5. The van der Waals surface area contributed by atoms with Crippen molar-refractivity contribution in [1.29, 1.82) is 0 Å². The summed E-state index contributed by atoms with van der Waals surface area (Å²) < 4.78 is 0. The first-order chi connectivity index (χ1) is 10.1. The average molecular weight is 284 g/mol. The van der Waals surface area contributed by atoms with Crippen LogP contribution in [0.2, 0.25) is 0 Å². The number of hydrogen-bond acceptors (Lipinski definition) is 3. The Kier molecular flexibility index (Phi) is 3.56. The molecule has 21 heavy (non-hydrogen) atoms. The minimum Gasteiger partial charge on any atom is -0.480 e. The largest absolute Gasteiger partial charge is 0.480 e. The molecule has 5 heteroatoms. The number of rotatable bonds is 5. The van der Waals surface area contributed by atoms with Crippen LogP contribution in [0, 0.1) is 5.92 Å². The van der Waals surface area contributed by atoms with Gasteiger partial charge in [-0.1, -0.05) is 31.0 Å². The van der Waals surface area contributed by atoms with E-state index in [1.165, 1.54) is 6.20 Å². The Labute approximate surface area is 122 Å². The molecule has 1 saturated carbocycles. The van der Waals surface area contributed by atoms with Crippen molar-refractivity contribution < 1.29 is 14.7 Å². The average Bonchev–Trinajstić information content (AvgIpc) is 3.30. The number of carboxylic acids is 1. The van der Waals surface area contributed by atoms with Crippen LogP contribution in [-0.2, 0) is 4.79 Å². The number of pyridine rings is 1. The number of benzene rings is 1. The van der Waals surface area contributed by atoms with Crippen LogP contribution >= 0.6 is 0 Å². The van der Waals surface area contributed by atoms with E-state index in [-0.39, 0.29) is 5.91 Å². The van der Waals surface area contributed by atoms with Gasteiger partial charge in [-0.3, -0.25) is 9.78 Å². The third kappa shape index (κ3) is 3.18. The fourth-order valence-corrected chi connectivity index (χ4v) is 2.35. The molecule has 0 saturated heterocycles. The van der Waals surface area contributed by atoms with E-state index in [4.69, 9.17) is 0 Å². The van der Waals surface area contributed by atoms with Gasteiger partial charge >= 0.3 is 5.97 Å². The van der Waals surface area contributed by atoms with E-state index in [0.717, 1.165) is 23.7 Å². The molecule has 5 nitrogen and oxygen atoms in total. The van der Waals surface area contributed by atoms with E-state index in [0.29, 0.717) is 17.9 Å². The zero-order chi connectivity index (χ0) is 14.8. The van der Waals surface area contributed by atoms with E-state index in [2.05, 4.69) is 10.3 Å². The van der Waals surface area contributed by atoms with Gasteiger partial charge in [-0.05, 0) is 24.5 Å². The molecule has 0 spiro atoms. The minimum absolute atomic E-state index is 0.385. The van der Waals surface area contributed by atoms with E-state index >= 15 is 0 Å². The maximum Gasteiger partial charge on any atom is 0.326 e. The number of para-hydroxylation sites is 1. The number of hydrogen-bond donors (Lipinski definition) is 2. The van der Waals surface area contributed by atoms with Gasteiger partial charge in [0.25, 0.3) is 5.91 Å². The van der Waals surface area contributed by atoms with Crippen LogP contribution < -0.4 is 5.32 Å². The third-order valence-corrected chi connectivity index (χ3v) is 3.72. The molecule has 0 radical (unpaired) electrons. The molecule has 1 aromatic carbocycles. The summed E-state index contributed by atoms with van der Waals surface area (Å²) in [7, 11) is 0. The molecular weight excluding hydrogens is 268 g/mol. The van der Waals surface area contributed by atoms with Crippen molar-refractivity contribution in [3.8, 4) is 0 Å². The normalized spacial score (nSPS) is 15.6. The van der Waals surface area contributed by atoms with Crippen molar-refractivity contribution in [2.75, 3.05) is 0 Å². The molecule has 1 aromatic heterocycles. The highest BCUT2D eigenvalue weighted by molar-refractivity contribution is 5.99. The summed E-state index contributed by atoms with van der Waals surface area (Å²) in [4.78, 5) is 27.6. The van der Waals surface area contributed by atoms with E-state index in [1.807, 2.05) is 24.3 Å². The lowest BCUT2D eigenvalue weighted by atomic mass is 10.1. The molecule has 108 valence electrons. The van der Waals surface area contributed by atoms with Crippen molar-refractivity contribution in [2.45, 2.75) is 25.3 Å². The Bertz CT molecular complexity index is 695. The maximum atomic E-state index is 12.2.